The van der Waals surface area contributed by atoms with E-state index in [1.165, 1.54) is 0 Å². The zero-order chi connectivity index (χ0) is 14.9. The van der Waals surface area contributed by atoms with E-state index in [-0.39, 0.29) is 30.8 Å². The largest absolute Gasteiger partial charge is 0.353 e. The number of hydrogen-bond donors (Lipinski definition) is 3. The van der Waals surface area contributed by atoms with Gasteiger partial charge in [0.2, 0.25) is 5.91 Å². The Balaban J connectivity index is 0.00000176. The van der Waals surface area contributed by atoms with Crippen molar-refractivity contribution in [3.05, 3.63) is 0 Å². The first-order valence-corrected chi connectivity index (χ1v) is 7.75. The van der Waals surface area contributed by atoms with Gasteiger partial charge in [-0.15, -0.1) is 12.4 Å². The summed E-state index contributed by atoms with van der Waals surface area (Å²) < 4.78 is 0. The van der Waals surface area contributed by atoms with E-state index in [1.807, 2.05) is 0 Å². The number of imide groups is 1. The number of nitrogens with zero attached hydrogens (tertiary/aromatic N) is 1. The fourth-order valence-corrected chi connectivity index (χ4v) is 3.50. The fraction of sp³-hybridized carbons (Fsp3) is 0.786. The highest BCUT2D eigenvalue weighted by Gasteiger charge is 2.52. The van der Waals surface area contributed by atoms with Gasteiger partial charge in [0, 0.05) is 12.6 Å². The molecule has 0 bridgehead atoms. The molecule has 22 heavy (non-hydrogen) atoms. The number of nitrogens with one attached hydrogen (secondary N) is 3. The highest BCUT2D eigenvalue weighted by molar-refractivity contribution is 6.09. The van der Waals surface area contributed by atoms with Gasteiger partial charge in [-0.05, 0) is 32.2 Å². The van der Waals surface area contributed by atoms with E-state index in [0.717, 1.165) is 37.1 Å². The van der Waals surface area contributed by atoms with Gasteiger partial charge in [-0.25, -0.2) is 4.79 Å². The third-order valence-corrected chi connectivity index (χ3v) is 4.71. The number of rotatable bonds is 4. The molecule has 0 aromatic rings. The maximum atomic E-state index is 12.4. The van der Waals surface area contributed by atoms with Gasteiger partial charge in [-0.2, -0.15) is 0 Å². The highest BCUT2D eigenvalue weighted by Crippen LogP contribution is 2.34. The molecule has 124 valence electrons. The van der Waals surface area contributed by atoms with Crippen LogP contribution in [0.25, 0.3) is 0 Å². The summed E-state index contributed by atoms with van der Waals surface area (Å²) in [5, 5.41) is 8.86. The van der Waals surface area contributed by atoms with Crippen LogP contribution in [0.1, 0.15) is 38.5 Å². The SMILES string of the molecule is Cl.O=C(CN1C(=O)NC2(CCCC2)C1=O)NCC1CCCN1. The number of urea groups is 1. The van der Waals surface area contributed by atoms with Crippen molar-refractivity contribution in [3.63, 3.8) is 0 Å². The molecule has 1 atom stereocenters. The number of halogens is 1. The Morgan fingerprint density at radius 2 is 2.00 bits per heavy atom. The Kier molecular flexibility index (Phi) is 5.28. The van der Waals surface area contributed by atoms with Gasteiger partial charge in [0.15, 0.2) is 0 Å². The normalized spacial score (nSPS) is 26.2. The van der Waals surface area contributed by atoms with Crippen molar-refractivity contribution in [3.8, 4) is 0 Å². The van der Waals surface area contributed by atoms with Crippen molar-refractivity contribution < 1.29 is 14.4 Å². The lowest BCUT2D eigenvalue weighted by Crippen LogP contribution is -2.46. The van der Waals surface area contributed by atoms with Gasteiger partial charge in [0.05, 0.1) is 0 Å². The van der Waals surface area contributed by atoms with Crippen molar-refractivity contribution in [2.24, 2.45) is 0 Å². The van der Waals surface area contributed by atoms with Gasteiger partial charge < -0.3 is 16.0 Å². The van der Waals surface area contributed by atoms with E-state index in [9.17, 15) is 14.4 Å². The lowest BCUT2D eigenvalue weighted by Gasteiger charge is -2.20. The van der Waals surface area contributed by atoms with Crippen LogP contribution in [0.3, 0.4) is 0 Å². The van der Waals surface area contributed by atoms with E-state index in [4.69, 9.17) is 0 Å². The maximum Gasteiger partial charge on any atom is 0.325 e. The molecule has 0 radical (unpaired) electrons. The minimum absolute atomic E-state index is 0. The Hall–Kier alpha value is -1.34. The third-order valence-electron chi connectivity index (χ3n) is 4.71. The quantitative estimate of drug-likeness (QED) is 0.640. The van der Waals surface area contributed by atoms with Gasteiger partial charge in [0.25, 0.3) is 5.91 Å². The number of carbonyl (C=O) groups excluding carboxylic acids is 3. The molecule has 2 saturated heterocycles. The average Bonchev–Trinajstić information content (AvgIpc) is 3.16. The zero-order valence-electron chi connectivity index (χ0n) is 12.5. The van der Waals surface area contributed by atoms with E-state index in [0.29, 0.717) is 25.4 Å². The summed E-state index contributed by atoms with van der Waals surface area (Å²) in [6.07, 6.45) is 5.42. The molecule has 1 spiro atoms. The second kappa shape index (κ2) is 6.83. The topological polar surface area (TPSA) is 90.5 Å². The van der Waals surface area contributed by atoms with Gasteiger partial charge in [0.1, 0.15) is 12.1 Å². The van der Waals surface area contributed by atoms with Crippen LogP contribution >= 0.6 is 12.4 Å². The molecule has 1 aliphatic carbocycles. The molecular weight excluding hydrogens is 308 g/mol. The Morgan fingerprint density at radius 3 is 2.64 bits per heavy atom. The predicted molar refractivity (Wildman–Crippen MR) is 82.7 cm³/mol. The van der Waals surface area contributed by atoms with Crippen LogP contribution in [0.4, 0.5) is 4.79 Å². The number of carbonyl (C=O) groups is 3. The van der Waals surface area contributed by atoms with Crippen molar-refractivity contribution >= 4 is 30.3 Å². The molecule has 4 amide bonds. The zero-order valence-corrected chi connectivity index (χ0v) is 13.3. The summed E-state index contributed by atoms with van der Waals surface area (Å²) in [4.78, 5) is 37.3. The summed E-state index contributed by atoms with van der Waals surface area (Å²) in [7, 11) is 0. The molecule has 2 heterocycles. The minimum Gasteiger partial charge on any atom is -0.353 e. The van der Waals surface area contributed by atoms with Crippen LogP contribution < -0.4 is 16.0 Å². The second-order valence-electron chi connectivity index (χ2n) is 6.21. The molecule has 0 aromatic heterocycles. The lowest BCUT2D eigenvalue weighted by atomic mass is 9.98. The van der Waals surface area contributed by atoms with Crippen LogP contribution in [0, 0.1) is 0 Å². The summed E-state index contributed by atoms with van der Waals surface area (Å²) in [6.45, 7) is 1.35. The first-order valence-electron chi connectivity index (χ1n) is 7.75. The van der Waals surface area contributed by atoms with E-state index >= 15 is 0 Å². The maximum absolute atomic E-state index is 12.4. The molecule has 3 fully saturated rings. The Morgan fingerprint density at radius 1 is 1.27 bits per heavy atom. The van der Waals surface area contributed by atoms with E-state index in [1.54, 1.807) is 0 Å². The first-order chi connectivity index (χ1) is 10.1. The van der Waals surface area contributed by atoms with Crippen molar-refractivity contribution in [1.82, 2.24) is 20.9 Å². The smallest absolute Gasteiger partial charge is 0.325 e. The predicted octanol–water partition coefficient (Wildman–Crippen LogP) is 0.141. The van der Waals surface area contributed by atoms with Gasteiger partial charge >= 0.3 is 6.03 Å². The minimum atomic E-state index is -0.732. The van der Waals surface area contributed by atoms with Gasteiger partial charge in [-0.1, -0.05) is 12.8 Å². The first kappa shape index (κ1) is 17.0. The second-order valence-corrected chi connectivity index (χ2v) is 6.21. The van der Waals surface area contributed by atoms with Crippen LogP contribution in [0.5, 0.6) is 0 Å². The molecule has 3 N–H and O–H groups in total. The molecule has 8 heteroatoms. The standard InChI is InChI=1S/C14H22N4O3.ClH/c19-11(16-8-10-4-3-7-15-10)9-18-12(20)14(17-13(18)21)5-1-2-6-14;/h10,15H,1-9H2,(H,16,19)(H,17,21);1H. The Bertz CT molecular complexity index is 459. The molecule has 3 rings (SSSR count). The number of hydrogen-bond acceptors (Lipinski definition) is 4. The molecular formula is C14H23ClN4O3. The molecule has 0 aromatic carbocycles. The molecule has 1 unspecified atom stereocenters. The average molecular weight is 331 g/mol. The summed E-state index contributed by atoms with van der Waals surface area (Å²) in [5.41, 5.74) is -0.732. The third kappa shape index (κ3) is 3.20. The van der Waals surface area contributed by atoms with Crippen LogP contribution in [0.2, 0.25) is 0 Å². The summed E-state index contributed by atoms with van der Waals surface area (Å²) in [6, 6.07) is -0.130. The lowest BCUT2D eigenvalue weighted by molar-refractivity contribution is -0.134. The molecule has 3 aliphatic rings. The fourth-order valence-electron chi connectivity index (χ4n) is 3.50. The van der Waals surface area contributed by atoms with E-state index < -0.39 is 11.6 Å². The highest BCUT2D eigenvalue weighted by atomic mass is 35.5. The monoisotopic (exact) mass is 330 g/mol. The van der Waals surface area contributed by atoms with Gasteiger partial charge in [-0.3, -0.25) is 14.5 Å². The number of amides is 4. The molecule has 2 aliphatic heterocycles. The van der Waals surface area contributed by atoms with Crippen LogP contribution in [-0.4, -0.2) is 54.0 Å². The van der Waals surface area contributed by atoms with E-state index in [2.05, 4.69) is 16.0 Å². The van der Waals surface area contributed by atoms with Crippen molar-refractivity contribution in [2.75, 3.05) is 19.6 Å². The van der Waals surface area contributed by atoms with Crippen LogP contribution in [0.15, 0.2) is 0 Å². The molecule has 7 nitrogen and oxygen atoms in total. The summed E-state index contributed by atoms with van der Waals surface area (Å²) >= 11 is 0. The summed E-state index contributed by atoms with van der Waals surface area (Å²) in [5.74, 6) is -0.513. The van der Waals surface area contributed by atoms with Crippen molar-refractivity contribution in [2.45, 2.75) is 50.1 Å². The Labute approximate surface area is 136 Å². The molecule has 1 saturated carbocycles. The van der Waals surface area contributed by atoms with Crippen LogP contribution in [-0.2, 0) is 9.59 Å². The van der Waals surface area contributed by atoms with Crippen molar-refractivity contribution in [1.29, 1.82) is 0 Å².